The quantitative estimate of drug-likeness (QED) is 0.676. The molecular formula is C16H11NO2S2. The minimum absolute atomic E-state index is 0.139. The Kier molecular flexibility index (Phi) is 3.77. The standard InChI is InChI=1S/C16H11NO2S2/c18-13-8-4-5-11(9-13)10-14-15(19)17(16(20)21-14)12-6-2-1-3-7-12/h1-10,18H/b14-10+. The fourth-order valence-corrected chi connectivity index (χ4v) is 3.33. The maximum absolute atomic E-state index is 12.5. The average molecular weight is 313 g/mol. The first-order chi connectivity index (χ1) is 10.1. The number of thiocarbonyl (C=S) groups is 1. The lowest BCUT2D eigenvalue weighted by Gasteiger charge is -2.13. The van der Waals surface area contributed by atoms with Crippen LogP contribution in [0.2, 0.25) is 0 Å². The second-order valence-electron chi connectivity index (χ2n) is 4.45. The van der Waals surface area contributed by atoms with Crippen LogP contribution in [0.3, 0.4) is 0 Å². The number of para-hydroxylation sites is 1. The molecule has 1 aliphatic rings. The van der Waals surface area contributed by atoms with E-state index in [0.29, 0.717) is 9.23 Å². The van der Waals surface area contributed by atoms with E-state index >= 15 is 0 Å². The highest BCUT2D eigenvalue weighted by Crippen LogP contribution is 2.36. The smallest absolute Gasteiger partial charge is 0.270 e. The first kappa shape index (κ1) is 13.9. The zero-order chi connectivity index (χ0) is 14.8. The molecule has 5 heteroatoms. The number of anilines is 1. The van der Waals surface area contributed by atoms with Gasteiger partial charge in [0, 0.05) is 0 Å². The Labute approximate surface area is 131 Å². The third-order valence-electron chi connectivity index (χ3n) is 2.98. The van der Waals surface area contributed by atoms with Crippen molar-refractivity contribution in [1.82, 2.24) is 0 Å². The molecule has 1 amide bonds. The normalized spacial score (nSPS) is 16.8. The summed E-state index contributed by atoms with van der Waals surface area (Å²) in [5, 5.41) is 9.48. The van der Waals surface area contributed by atoms with Gasteiger partial charge in [-0.25, -0.2) is 0 Å². The van der Waals surface area contributed by atoms with Gasteiger partial charge in [-0.1, -0.05) is 54.3 Å². The Morgan fingerprint density at radius 2 is 1.86 bits per heavy atom. The maximum atomic E-state index is 12.5. The van der Waals surface area contributed by atoms with Gasteiger partial charge in [0.05, 0.1) is 10.6 Å². The number of rotatable bonds is 2. The second-order valence-corrected chi connectivity index (χ2v) is 6.12. The summed E-state index contributed by atoms with van der Waals surface area (Å²) in [6.07, 6.45) is 1.74. The Bertz CT molecular complexity index is 741. The van der Waals surface area contributed by atoms with Crippen LogP contribution in [0.25, 0.3) is 6.08 Å². The lowest BCUT2D eigenvalue weighted by molar-refractivity contribution is -0.113. The molecule has 2 aromatic rings. The molecule has 104 valence electrons. The summed E-state index contributed by atoms with van der Waals surface area (Å²) in [7, 11) is 0. The number of phenolic OH excluding ortho intramolecular Hbond substituents is 1. The van der Waals surface area contributed by atoms with Crippen molar-refractivity contribution in [3.63, 3.8) is 0 Å². The van der Waals surface area contributed by atoms with E-state index in [-0.39, 0.29) is 11.7 Å². The highest BCUT2D eigenvalue weighted by Gasteiger charge is 2.33. The Morgan fingerprint density at radius 3 is 2.57 bits per heavy atom. The van der Waals surface area contributed by atoms with E-state index in [0.717, 1.165) is 11.3 Å². The first-order valence-corrected chi connectivity index (χ1v) is 7.50. The van der Waals surface area contributed by atoms with Gasteiger partial charge in [0.2, 0.25) is 0 Å². The van der Waals surface area contributed by atoms with E-state index in [1.807, 2.05) is 36.4 Å². The molecule has 21 heavy (non-hydrogen) atoms. The van der Waals surface area contributed by atoms with Gasteiger partial charge < -0.3 is 5.11 Å². The zero-order valence-electron chi connectivity index (χ0n) is 10.9. The average Bonchev–Trinajstić information content (AvgIpc) is 2.74. The molecule has 1 N–H and O–H groups in total. The lowest BCUT2D eigenvalue weighted by atomic mass is 10.2. The maximum Gasteiger partial charge on any atom is 0.270 e. The van der Waals surface area contributed by atoms with Crippen molar-refractivity contribution >= 4 is 46.0 Å². The topological polar surface area (TPSA) is 40.5 Å². The van der Waals surface area contributed by atoms with Crippen LogP contribution in [0, 0.1) is 0 Å². The summed E-state index contributed by atoms with van der Waals surface area (Å²) in [5.74, 6) is 0.0295. The van der Waals surface area contributed by atoms with Gasteiger partial charge in [0.1, 0.15) is 5.75 Å². The van der Waals surface area contributed by atoms with Crippen LogP contribution in [0.1, 0.15) is 5.56 Å². The zero-order valence-corrected chi connectivity index (χ0v) is 12.5. The van der Waals surface area contributed by atoms with Crippen molar-refractivity contribution in [2.24, 2.45) is 0 Å². The van der Waals surface area contributed by atoms with Gasteiger partial charge in [-0.15, -0.1) is 0 Å². The number of hydrogen-bond donors (Lipinski definition) is 1. The van der Waals surface area contributed by atoms with Crippen LogP contribution >= 0.6 is 24.0 Å². The highest BCUT2D eigenvalue weighted by molar-refractivity contribution is 8.27. The van der Waals surface area contributed by atoms with Crippen LogP contribution in [-0.2, 0) is 4.79 Å². The summed E-state index contributed by atoms with van der Waals surface area (Å²) >= 11 is 6.56. The molecule has 2 aromatic carbocycles. The molecule has 1 saturated heterocycles. The summed E-state index contributed by atoms with van der Waals surface area (Å²) < 4.78 is 0.512. The predicted octanol–water partition coefficient (Wildman–Crippen LogP) is 3.80. The van der Waals surface area contributed by atoms with Crippen LogP contribution < -0.4 is 4.90 Å². The van der Waals surface area contributed by atoms with Gasteiger partial charge in [0.15, 0.2) is 4.32 Å². The molecule has 0 aliphatic carbocycles. The van der Waals surface area contributed by atoms with Gasteiger partial charge in [-0.05, 0) is 35.9 Å². The van der Waals surface area contributed by atoms with Crippen LogP contribution in [0.5, 0.6) is 5.75 Å². The minimum Gasteiger partial charge on any atom is -0.508 e. The Morgan fingerprint density at radius 1 is 1.10 bits per heavy atom. The molecule has 3 nitrogen and oxygen atoms in total. The molecule has 3 rings (SSSR count). The van der Waals surface area contributed by atoms with E-state index in [2.05, 4.69) is 0 Å². The molecule has 1 fully saturated rings. The number of benzene rings is 2. The number of carbonyl (C=O) groups is 1. The molecule has 0 saturated carbocycles. The molecule has 1 aliphatic heterocycles. The number of amides is 1. The van der Waals surface area contributed by atoms with E-state index in [9.17, 15) is 9.90 Å². The third-order valence-corrected chi connectivity index (χ3v) is 4.28. The fourth-order valence-electron chi connectivity index (χ4n) is 2.03. The van der Waals surface area contributed by atoms with Crippen molar-refractivity contribution in [3.05, 3.63) is 65.1 Å². The number of nitrogens with zero attached hydrogens (tertiary/aromatic N) is 1. The molecule has 0 radical (unpaired) electrons. The number of carbonyl (C=O) groups excluding carboxylic acids is 1. The summed E-state index contributed by atoms with van der Waals surface area (Å²) in [4.78, 5) is 14.6. The molecule has 1 heterocycles. The largest absolute Gasteiger partial charge is 0.508 e. The van der Waals surface area contributed by atoms with Crippen LogP contribution in [-0.4, -0.2) is 15.3 Å². The molecule has 0 spiro atoms. The minimum atomic E-state index is -0.139. The number of phenols is 1. The van der Waals surface area contributed by atoms with Crippen molar-refractivity contribution in [3.8, 4) is 5.75 Å². The Balaban J connectivity index is 1.94. The van der Waals surface area contributed by atoms with Crippen molar-refractivity contribution in [2.45, 2.75) is 0 Å². The van der Waals surface area contributed by atoms with Gasteiger partial charge >= 0.3 is 0 Å². The second kappa shape index (κ2) is 5.71. The van der Waals surface area contributed by atoms with Crippen LogP contribution in [0.15, 0.2) is 59.5 Å². The highest BCUT2D eigenvalue weighted by atomic mass is 32.2. The van der Waals surface area contributed by atoms with E-state index in [4.69, 9.17) is 12.2 Å². The van der Waals surface area contributed by atoms with E-state index in [1.54, 1.807) is 24.3 Å². The van der Waals surface area contributed by atoms with Gasteiger partial charge in [-0.3, -0.25) is 9.69 Å². The van der Waals surface area contributed by atoms with Crippen molar-refractivity contribution < 1.29 is 9.90 Å². The monoisotopic (exact) mass is 313 g/mol. The lowest BCUT2D eigenvalue weighted by Crippen LogP contribution is -2.27. The summed E-state index contributed by atoms with van der Waals surface area (Å²) in [6.45, 7) is 0. The molecular weight excluding hydrogens is 302 g/mol. The predicted molar refractivity (Wildman–Crippen MR) is 90.2 cm³/mol. The number of thioether (sulfide) groups is 1. The first-order valence-electron chi connectivity index (χ1n) is 6.27. The molecule has 0 atom stereocenters. The number of hydrogen-bond acceptors (Lipinski definition) is 4. The van der Waals surface area contributed by atoms with Gasteiger partial charge in [-0.2, -0.15) is 0 Å². The molecule has 0 unspecified atom stereocenters. The van der Waals surface area contributed by atoms with Gasteiger partial charge in [0.25, 0.3) is 5.91 Å². The molecule has 0 aromatic heterocycles. The summed E-state index contributed by atoms with van der Waals surface area (Å²) in [6, 6.07) is 16.1. The van der Waals surface area contributed by atoms with E-state index in [1.165, 1.54) is 16.7 Å². The molecule has 0 bridgehead atoms. The third kappa shape index (κ3) is 2.84. The summed E-state index contributed by atoms with van der Waals surface area (Å²) in [5.41, 5.74) is 1.53. The number of aromatic hydroxyl groups is 1. The van der Waals surface area contributed by atoms with Crippen molar-refractivity contribution in [1.29, 1.82) is 0 Å². The fraction of sp³-hybridized carbons (Fsp3) is 0. The van der Waals surface area contributed by atoms with Crippen molar-refractivity contribution in [2.75, 3.05) is 4.90 Å². The SMILES string of the molecule is O=C1/C(=C\c2cccc(O)c2)SC(=S)N1c1ccccc1. The van der Waals surface area contributed by atoms with Crippen LogP contribution in [0.4, 0.5) is 5.69 Å². The Hall–Kier alpha value is -2.11. The van der Waals surface area contributed by atoms with E-state index < -0.39 is 0 Å².